The van der Waals surface area contributed by atoms with Crippen molar-refractivity contribution in [2.24, 2.45) is 0 Å². The molecule has 1 aromatic heterocycles. The summed E-state index contributed by atoms with van der Waals surface area (Å²) >= 11 is 1.06. The summed E-state index contributed by atoms with van der Waals surface area (Å²) in [6.07, 6.45) is 2.81. The summed E-state index contributed by atoms with van der Waals surface area (Å²) in [6.45, 7) is 5.30. The van der Waals surface area contributed by atoms with Gasteiger partial charge in [-0.2, -0.15) is 0 Å². The van der Waals surface area contributed by atoms with Crippen LogP contribution in [0.4, 0.5) is 0 Å². The van der Waals surface area contributed by atoms with Crippen molar-refractivity contribution in [2.45, 2.75) is 39.7 Å². The van der Waals surface area contributed by atoms with E-state index < -0.39 is 0 Å². The Labute approximate surface area is 141 Å². The molecular formula is C18H24N2O2S. The second kappa shape index (κ2) is 8.11. The Morgan fingerprint density at radius 2 is 1.96 bits per heavy atom. The fourth-order valence-corrected chi connectivity index (χ4v) is 3.50. The van der Waals surface area contributed by atoms with Crippen LogP contribution in [0.5, 0.6) is 0 Å². The Bertz CT molecular complexity index is 704. The van der Waals surface area contributed by atoms with Crippen molar-refractivity contribution in [1.82, 2.24) is 9.47 Å². The summed E-state index contributed by atoms with van der Waals surface area (Å²) in [5.41, 5.74) is 1.97. The first-order chi connectivity index (χ1) is 11.0. The van der Waals surface area contributed by atoms with Gasteiger partial charge in [0.05, 0.1) is 0 Å². The average molecular weight is 332 g/mol. The van der Waals surface area contributed by atoms with Crippen LogP contribution in [0.2, 0.25) is 0 Å². The van der Waals surface area contributed by atoms with Crippen molar-refractivity contribution < 1.29 is 4.79 Å². The highest BCUT2D eigenvalue weighted by Crippen LogP contribution is 2.15. The standard InChI is InChI=1S/C18H24N2O2S/c1-4-5-12-19(3)17(21)16-14(2)20(18(22)23-16)13-11-15-9-7-6-8-10-15/h6-10H,4-5,11-13H2,1-3H3. The zero-order chi connectivity index (χ0) is 16.8. The number of rotatable bonds is 7. The number of carbonyl (C=O) groups is 1. The van der Waals surface area contributed by atoms with E-state index in [1.807, 2.05) is 25.1 Å². The van der Waals surface area contributed by atoms with Gasteiger partial charge in [0.25, 0.3) is 5.91 Å². The van der Waals surface area contributed by atoms with Gasteiger partial charge < -0.3 is 9.47 Å². The van der Waals surface area contributed by atoms with Gasteiger partial charge in [0, 0.05) is 25.8 Å². The Balaban J connectivity index is 2.12. The number of aryl methyl sites for hydroxylation is 1. The van der Waals surface area contributed by atoms with Crippen LogP contribution in [0.25, 0.3) is 0 Å². The zero-order valence-corrected chi connectivity index (χ0v) is 14.9. The van der Waals surface area contributed by atoms with Crippen molar-refractivity contribution >= 4 is 17.2 Å². The highest BCUT2D eigenvalue weighted by molar-refractivity contribution is 7.11. The van der Waals surface area contributed by atoms with E-state index in [1.54, 1.807) is 16.5 Å². The third kappa shape index (κ3) is 4.32. The molecule has 0 atom stereocenters. The molecular weight excluding hydrogens is 308 g/mol. The van der Waals surface area contributed by atoms with Crippen molar-refractivity contribution in [3.05, 3.63) is 56.1 Å². The van der Waals surface area contributed by atoms with E-state index in [0.29, 0.717) is 11.4 Å². The maximum absolute atomic E-state index is 12.5. The molecule has 0 N–H and O–H groups in total. The number of benzene rings is 1. The maximum Gasteiger partial charge on any atom is 0.308 e. The summed E-state index contributed by atoms with van der Waals surface area (Å²) in [5, 5.41) is 0. The molecule has 1 aromatic carbocycles. The van der Waals surface area contributed by atoms with Gasteiger partial charge in [0.2, 0.25) is 0 Å². The summed E-state index contributed by atoms with van der Waals surface area (Å²) in [4.78, 5) is 27.0. The largest absolute Gasteiger partial charge is 0.341 e. The average Bonchev–Trinajstić information content (AvgIpc) is 2.85. The van der Waals surface area contributed by atoms with Crippen LogP contribution in [0.3, 0.4) is 0 Å². The van der Waals surface area contributed by atoms with Crippen molar-refractivity contribution in [2.75, 3.05) is 13.6 Å². The van der Waals surface area contributed by atoms with Gasteiger partial charge in [-0.25, -0.2) is 0 Å². The number of unbranched alkanes of at least 4 members (excludes halogenated alkanes) is 1. The molecule has 0 spiro atoms. The third-order valence-corrected chi connectivity index (χ3v) is 5.07. The lowest BCUT2D eigenvalue weighted by Gasteiger charge is -2.16. The zero-order valence-electron chi connectivity index (χ0n) is 14.0. The van der Waals surface area contributed by atoms with Crippen LogP contribution in [0, 0.1) is 6.92 Å². The first-order valence-corrected chi connectivity index (χ1v) is 8.85. The first-order valence-electron chi connectivity index (χ1n) is 8.04. The molecule has 0 saturated heterocycles. The maximum atomic E-state index is 12.5. The monoisotopic (exact) mass is 332 g/mol. The molecule has 0 saturated carbocycles. The van der Waals surface area contributed by atoms with Gasteiger partial charge in [-0.3, -0.25) is 9.59 Å². The predicted octanol–water partition coefficient (Wildman–Crippen LogP) is 3.33. The van der Waals surface area contributed by atoms with E-state index in [4.69, 9.17) is 0 Å². The Hall–Kier alpha value is -1.88. The SMILES string of the molecule is CCCCN(C)C(=O)c1sc(=O)n(CCc2ccccc2)c1C. The molecule has 0 aliphatic rings. The number of aromatic nitrogens is 1. The fourth-order valence-electron chi connectivity index (χ4n) is 2.49. The molecule has 2 rings (SSSR count). The van der Waals surface area contributed by atoms with Crippen LogP contribution in [0.15, 0.2) is 35.1 Å². The topological polar surface area (TPSA) is 42.3 Å². The Morgan fingerprint density at radius 1 is 1.26 bits per heavy atom. The minimum absolute atomic E-state index is 0.0449. The number of hydrogen-bond acceptors (Lipinski definition) is 3. The summed E-state index contributed by atoms with van der Waals surface area (Å²) in [7, 11) is 1.80. The van der Waals surface area contributed by atoms with Crippen LogP contribution in [-0.4, -0.2) is 29.0 Å². The normalized spacial score (nSPS) is 10.7. The van der Waals surface area contributed by atoms with Crippen LogP contribution >= 0.6 is 11.3 Å². The lowest BCUT2D eigenvalue weighted by molar-refractivity contribution is 0.0796. The molecule has 5 heteroatoms. The molecule has 0 fully saturated rings. The van der Waals surface area contributed by atoms with Gasteiger partial charge in [0.1, 0.15) is 4.88 Å². The van der Waals surface area contributed by atoms with Gasteiger partial charge >= 0.3 is 4.87 Å². The van der Waals surface area contributed by atoms with Crippen LogP contribution < -0.4 is 4.87 Å². The van der Waals surface area contributed by atoms with Gasteiger partial charge in [0.15, 0.2) is 0 Å². The minimum atomic E-state index is -0.0503. The highest BCUT2D eigenvalue weighted by Gasteiger charge is 2.20. The second-order valence-electron chi connectivity index (χ2n) is 5.75. The predicted molar refractivity (Wildman–Crippen MR) is 95.3 cm³/mol. The summed E-state index contributed by atoms with van der Waals surface area (Å²) in [6, 6.07) is 10.1. The van der Waals surface area contributed by atoms with Crippen molar-refractivity contribution in [3.63, 3.8) is 0 Å². The quantitative estimate of drug-likeness (QED) is 0.780. The summed E-state index contributed by atoms with van der Waals surface area (Å²) in [5.74, 6) is -0.0449. The number of nitrogens with zero attached hydrogens (tertiary/aromatic N) is 2. The molecule has 23 heavy (non-hydrogen) atoms. The molecule has 1 heterocycles. The Kier molecular flexibility index (Phi) is 6.16. The van der Waals surface area contributed by atoms with Crippen molar-refractivity contribution in [3.8, 4) is 0 Å². The molecule has 0 aliphatic heterocycles. The van der Waals surface area contributed by atoms with E-state index in [-0.39, 0.29) is 10.8 Å². The number of thiazole rings is 1. The molecule has 124 valence electrons. The minimum Gasteiger partial charge on any atom is -0.341 e. The van der Waals surface area contributed by atoms with E-state index in [1.165, 1.54) is 5.56 Å². The lowest BCUT2D eigenvalue weighted by atomic mass is 10.1. The van der Waals surface area contributed by atoms with E-state index >= 15 is 0 Å². The number of hydrogen-bond donors (Lipinski definition) is 0. The van der Waals surface area contributed by atoms with E-state index in [0.717, 1.165) is 42.8 Å². The van der Waals surface area contributed by atoms with Gasteiger partial charge in [-0.15, -0.1) is 0 Å². The smallest absolute Gasteiger partial charge is 0.308 e. The highest BCUT2D eigenvalue weighted by atomic mass is 32.1. The first kappa shape index (κ1) is 17.5. The van der Waals surface area contributed by atoms with Crippen molar-refractivity contribution in [1.29, 1.82) is 0 Å². The fraction of sp³-hybridized carbons (Fsp3) is 0.444. The molecule has 4 nitrogen and oxygen atoms in total. The molecule has 2 aromatic rings. The molecule has 0 unspecified atom stereocenters. The Morgan fingerprint density at radius 3 is 2.61 bits per heavy atom. The molecule has 0 bridgehead atoms. The lowest BCUT2D eigenvalue weighted by Crippen LogP contribution is -2.27. The van der Waals surface area contributed by atoms with Gasteiger partial charge in [-0.05, 0) is 25.3 Å². The summed E-state index contributed by atoms with van der Waals surface area (Å²) < 4.78 is 1.72. The van der Waals surface area contributed by atoms with Crippen LogP contribution in [0.1, 0.15) is 40.7 Å². The number of amides is 1. The molecule has 0 aliphatic carbocycles. The molecule has 0 radical (unpaired) electrons. The second-order valence-corrected chi connectivity index (χ2v) is 6.71. The third-order valence-electron chi connectivity index (χ3n) is 4.00. The van der Waals surface area contributed by atoms with E-state index in [2.05, 4.69) is 19.1 Å². The molecule has 1 amide bonds. The van der Waals surface area contributed by atoms with Crippen LogP contribution in [-0.2, 0) is 13.0 Å². The van der Waals surface area contributed by atoms with Gasteiger partial charge in [-0.1, -0.05) is 55.0 Å². The van der Waals surface area contributed by atoms with E-state index in [9.17, 15) is 9.59 Å². The number of carbonyl (C=O) groups excluding carboxylic acids is 1.